The minimum Gasteiger partial charge on any atom is -0.509 e. The summed E-state index contributed by atoms with van der Waals surface area (Å²) < 4.78 is 56.3. The molecule has 64 heavy (non-hydrogen) atoms. The molecule has 0 unspecified atom stereocenters. The number of para-hydroxylation sites is 1. The van der Waals surface area contributed by atoms with Gasteiger partial charge in [-0.1, -0.05) is 160 Å². The normalized spacial score (nSPS) is 14.2. The third kappa shape index (κ3) is 8.45. The number of aromatic nitrogens is 2. The first-order valence-electron chi connectivity index (χ1n) is 24.2. The Labute approximate surface area is 401 Å². The largest absolute Gasteiger partial charge is 2.00 e. The Kier molecular flexibility index (Phi) is 9.82. The summed E-state index contributed by atoms with van der Waals surface area (Å²) in [4.78, 5) is 4.90. The number of hydrogen-bond donors (Lipinski definition) is 0. The van der Waals surface area contributed by atoms with Gasteiger partial charge in [-0.15, -0.1) is 23.6 Å². The zero-order valence-electron chi connectivity index (χ0n) is 43.8. The summed E-state index contributed by atoms with van der Waals surface area (Å²) in [5.41, 5.74) is 9.40. The molecule has 5 nitrogen and oxygen atoms in total. The van der Waals surface area contributed by atoms with Crippen LogP contribution in [0.3, 0.4) is 0 Å². The van der Waals surface area contributed by atoms with Gasteiger partial charge in [0.1, 0.15) is 11.5 Å². The number of benzene rings is 6. The van der Waals surface area contributed by atoms with E-state index < -0.39 is 18.1 Å². The van der Waals surface area contributed by atoms with E-state index in [0.29, 0.717) is 34.1 Å². The maximum absolute atomic E-state index is 9.04. The van der Waals surface area contributed by atoms with Crippen LogP contribution in [-0.4, -0.2) is 15.6 Å². The molecular weight excluding hydrogens is 964 g/mol. The maximum atomic E-state index is 9.04. The summed E-state index contributed by atoms with van der Waals surface area (Å²) in [6, 6.07) is 41.8. The summed E-state index contributed by atoms with van der Waals surface area (Å²) >= 11 is 0. The van der Waals surface area contributed by atoms with Crippen LogP contribution >= 0.6 is 0 Å². The Morgan fingerprint density at radius 3 is 1.92 bits per heavy atom. The Morgan fingerprint density at radius 2 is 1.25 bits per heavy atom. The predicted molar refractivity (Wildman–Crippen MR) is 264 cm³/mol. The predicted octanol–water partition coefficient (Wildman–Crippen LogP) is 15.3. The van der Waals surface area contributed by atoms with E-state index in [-0.39, 0.29) is 60.4 Å². The first kappa shape index (κ1) is 38.6. The van der Waals surface area contributed by atoms with Crippen molar-refractivity contribution >= 4 is 50.6 Å². The molecule has 0 N–H and O–H groups in total. The summed E-state index contributed by atoms with van der Waals surface area (Å²) in [7, 11) is 0. The Bertz CT molecular complexity index is 3400. The van der Waals surface area contributed by atoms with Gasteiger partial charge in [-0.3, -0.25) is 0 Å². The van der Waals surface area contributed by atoms with Gasteiger partial charge in [0.05, 0.1) is 12.4 Å². The van der Waals surface area contributed by atoms with Crippen LogP contribution in [0.1, 0.15) is 112 Å². The van der Waals surface area contributed by atoms with Crippen molar-refractivity contribution in [3.8, 4) is 28.4 Å². The molecule has 2 aromatic heterocycles. The summed E-state index contributed by atoms with van der Waals surface area (Å²) in [6.07, 6.45) is 1.88. The van der Waals surface area contributed by atoms with Crippen molar-refractivity contribution in [2.24, 2.45) is 0 Å². The fourth-order valence-corrected chi connectivity index (χ4v) is 8.15. The number of nitrogens with zero attached hydrogens (tertiary/aromatic N) is 4. The standard InChI is InChI=1S/C58H58N4O.Pt/c1-55(2,3)39-24-27-50-49(33-39)48-26-25-46(36-52(48)62(50)53-34-40(28-29-59-53)56(4,5)6)63-45-21-16-20-43(35-45)60-37-61(44-31-41(57(7,8)9)30-42(32-44)58(10,11)12)54-47(22-17-23-51(54)60)38-18-14-13-15-19-38;/h13-34H,1-12H3;/q;+2/i13D,14D,15D,18D,19D;. The van der Waals surface area contributed by atoms with Crippen molar-refractivity contribution in [1.82, 2.24) is 18.7 Å². The summed E-state index contributed by atoms with van der Waals surface area (Å²) in [5, 5.41) is 2.15. The third-order valence-corrected chi connectivity index (χ3v) is 11.9. The smallest absolute Gasteiger partial charge is 0.509 e. The van der Waals surface area contributed by atoms with Gasteiger partial charge in [0.15, 0.2) is 0 Å². The molecule has 9 rings (SSSR count). The van der Waals surface area contributed by atoms with E-state index in [4.69, 9.17) is 16.6 Å². The molecule has 6 aromatic carbocycles. The SMILES string of the molecule is [2H]c1c([2H])c([2H])c(-c2cccc3c2[N+](c2cc(C(C)(C)C)cc(C(C)(C)C)c2)=C=[N+]3c2[c-]c(Oc3[c-]c4c(cc3)c3cc(C(C)(C)C)ccc3n4-c3cc(C(C)(C)C)ccn3)ccc2)c([2H])c1[2H].[Pt+2]. The van der Waals surface area contributed by atoms with Gasteiger partial charge in [-0.25, -0.2) is 4.98 Å². The molecule has 0 amide bonds. The van der Waals surface area contributed by atoms with Crippen LogP contribution in [0.4, 0.5) is 22.7 Å². The molecule has 3 heterocycles. The van der Waals surface area contributed by atoms with Gasteiger partial charge in [0, 0.05) is 41.4 Å². The van der Waals surface area contributed by atoms with Gasteiger partial charge in [-0.05, 0) is 83.7 Å². The summed E-state index contributed by atoms with van der Waals surface area (Å²) in [6.45, 7) is 26.4. The third-order valence-electron chi connectivity index (χ3n) is 11.9. The van der Waals surface area contributed by atoms with E-state index in [2.05, 4.69) is 160 Å². The molecule has 0 saturated heterocycles. The molecule has 6 heteroatoms. The van der Waals surface area contributed by atoms with Crippen LogP contribution in [-0.2, 0) is 42.7 Å². The molecule has 0 atom stereocenters. The quantitative estimate of drug-likeness (QED) is 0.123. The van der Waals surface area contributed by atoms with Gasteiger partial charge >= 0.3 is 32.8 Å². The number of hydrogen-bond acceptors (Lipinski definition) is 2. The van der Waals surface area contributed by atoms with Crippen molar-refractivity contribution in [1.29, 1.82) is 0 Å². The fraction of sp³-hybridized carbons (Fsp3) is 0.276. The number of rotatable bonds is 6. The Hall–Kier alpha value is -5.86. The molecule has 0 spiro atoms. The second-order valence-electron chi connectivity index (χ2n) is 20.8. The molecule has 0 fully saturated rings. The van der Waals surface area contributed by atoms with Crippen LogP contribution in [0, 0.1) is 12.1 Å². The van der Waals surface area contributed by atoms with E-state index in [1.54, 1.807) is 0 Å². The van der Waals surface area contributed by atoms with Crippen molar-refractivity contribution in [3.63, 3.8) is 0 Å². The first-order chi connectivity index (χ1) is 31.8. The van der Waals surface area contributed by atoms with Gasteiger partial charge < -0.3 is 9.30 Å². The number of ether oxygens (including phenoxy) is 1. The van der Waals surface area contributed by atoms with Crippen LogP contribution in [0.15, 0.2) is 133 Å². The topological polar surface area (TPSA) is 33.1 Å². The molecule has 324 valence electrons. The van der Waals surface area contributed by atoms with E-state index in [0.717, 1.165) is 44.4 Å². The van der Waals surface area contributed by atoms with E-state index >= 15 is 0 Å². The average molecular weight is 1030 g/mol. The van der Waals surface area contributed by atoms with E-state index in [1.165, 1.54) is 11.1 Å². The number of fused-ring (bicyclic) bond motifs is 4. The Morgan fingerprint density at radius 1 is 0.609 bits per heavy atom. The van der Waals surface area contributed by atoms with Crippen LogP contribution in [0.25, 0.3) is 38.8 Å². The summed E-state index contributed by atoms with van der Waals surface area (Å²) in [5.74, 6) is 1.76. The second kappa shape index (κ2) is 16.3. The molecule has 0 aliphatic carbocycles. The molecule has 0 bridgehead atoms. The van der Waals surface area contributed by atoms with E-state index in [1.807, 2.05) is 57.8 Å². The van der Waals surface area contributed by atoms with Crippen molar-refractivity contribution in [2.45, 2.75) is 105 Å². The monoisotopic (exact) mass is 1030 g/mol. The molecule has 1 aliphatic rings. The van der Waals surface area contributed by atoms with E-state index in [9.17, 15) is 0 Å². The Balaban J connectivity index is 0.00000642. The molecule has 0 radical (unpaired) electrons. The molecule has 0 saturated carbocycles. The van der Waals surface area contributed by atoms with Gasteiger partial charge in [0.2, 0.25) is 5.69 Å². The minimum atomic E-state index is -0.439. The van der Waals surface area contributed by atoms with Crippen LogP contribution in [0.5, 0.6) is 11.5 Å². The van der Waals surface area contributed by atoms with Crippen molar-refractivity contribution in [2.75, 3.05) is 0 Å². The van der Waals surface area contributed by atoms with Crippen molar-refractivity contribution < 1.29 is 32.7 Å². The second-order valence-corrected chi connectivity index (χ2v) is 20.8. The van der Waals surface area contributed by atoms with Gasteiger partial charge in [0.25, 0.3) is 5.69 Å². The van der Waals surface area contributed by atoms with Crippen LogP contribution in [0.2, 0.25) is 0 Å². The molecule has 1 aliphatic heterocycles. The minimum absolute atomic E-state index is 0. The number of pyridine rings is 1. The maximum Gasteiger partial charge on any atom is 2.00 e. The molecular formula is C58H58N4OPt+2. The fourth-order valence-electron chi connectivity index (χ4n) is 8.15. The zero-order valence-corrected chi connectivity index (χ0v) is 41.1. The first-order valence-corrected chi connectivity index (χ1v) is 21.7. The molecule has 8 aromatic rings. The average Bonchev–Trinajstić information content (AvgIpc) is 3.83. The van der Waals surface area contributed by atoms with Crippen LogP contribution < -0.4 is 13.9 Å². The van der Waals surface area contributed by atoms with Gasteiger partial charge in [-0.2, -0.15) is 12.1 Å². The van der Waals surface area contributed by atoms with Crippen molar-refractivity contribution in [3.05, 3.63) is 168 Å². The zero-order chi connectivity index (χ0) is 49.0.